The normalized spacial score (nSPS) is 28.2. The van der Waals surface area contributed by atoms with Crippen molar-refractivity contribution in [1.82, 2.24) is 0 Å². The van der Waals surface area contributed by atoms with Gasteiger partial charge in [0.25, 0.3) is 0 Å². The number of carbonyl (C=O) groups excluding carboxylic acids is 1. The van der Waals surface area contributed by atoms with Crippen LogP contribution in [-0.2, 0) is 20.4 Å². The zero-order chi connectivity index (χ0) is 17.7. The maximum Gasteiger partial charge on any atom is 0.417 e. The summed E-state index contributed by atoms with van der Waals surface area (Å²) >= 11 is 0. The molecule has 0 atom stereocenters. The topological polar surface area (TPSA) is 46.5 Å². The average molecular weight is 330 g/mol. The molecule has 0 heterocycles. The van der Waals surface area contributed by atoms with E-state index < -0.39 is 36.0 Å². The maximum atomic E-state index is 12.9. The van der Waals surface area contributed by atoms with E-state index in [0.29, 0.717) is 5.56 Å². The zero-order valence-electron chi connectivity index (χ0n) is 13.6. The molecule has 0 spiro atoms. The lowest BCUT2D eigenvalue weighted by molar-refractivity contribution is -0.302. The summed E-state index contributed by atoms with van der Waals surface area (Å²) in [4.78, 5) is 12.1. The molecule has 6 heteroatoms. The van der Waals surface area contributed by atoms with Gasteiger partial charge in [-0.25, -0.2) is 0 Å². The van der Waals surface area contributed by atoms with Gasteiger partial charge in [-0.1, -0.05) is 45.0 Å². The second-order valence-corrected chi connectivity index (χ2v) is 7.28. The number of ether oxygens (including phenoxy) is 1. The monoisotopic (exact) mass is 330 g/mol. The number of esters is 1. The van der Waals surface area contributed by atoms with Crippen LogP contribution in [0.5, 0.6) is 0 Å². The number of benzene rings is 1. The molecule has 2 rings (SSSR count). The Kier molecular flexibility index (Phi) is 4.04. The highest BCUT2D eigenvalue weighted by Crippen LogP contribution is 2.57. The van der Waals surface area contributed by atoms with Gasteiger partial charge in [-0.05, 0) is 16.5 Å². The second kappa shape index (κ2) is 5.23. The SMILES string of the molecule is COC(=O)C1(c2ccc(C(C)(C)C)cc2)CC(O)(C(F)(F)F)C1. The van der Waals surface area contributed by atoms with E-state index in [1.807, 2.05) is 20.8 Å². The van der Waals surface area contributed by atoms with E-state index >= 15 is 0 Å². The molecule has 3 nitrogen and oxygen atoms in total. The third-order valence-corrected chi connectivity index (χ3v) is 4.60. The van der Waals surface area contributed by atoms with Gasteiger partial charge in [-0.3, -0.25) is 4.79 Å². The fraction of sp³-hybridized carbons (Fsp3) is 0.588. The summed E-state index contributed by atoms with van der Waals surface area (Å²) in [6.45, 7) is 6.05. The van der Waals surface area contributed by atoms with Crippen molar-refractivity contribution in [1.29, 1.82) is 0 Å². The fourth-order valence-electron chi connectivity index (χ4n) is 3.10. The standard InChI is InChI=1S/C17H21F3O3/c1-14(2,3)11-5-7-12(8-6-11)15(13(21)23-4)9-16(22,10-15)17(18,19)20/h5-8,22H,9-10H2,1-4H3. The average Bonchev–Trinajstić information content (AvgIpc) is 2.40. The van der Waals surface area contributed by atoms with E-state index in [0.717, 1.165) is 12.7 Å². The first-order valence-electron chi connectivity index (χ1n) is 7.34. The Hall–Kier alpha value is -1.56. The minimum Gasteiger partial charge on any atom is -0.468 e. The quantitative estimate of drug-likeness (QED) is 0.845. The van der Waals surface area contributed by atoms with Crippen LogP contribution in [0.25, 0.3) is 0 Å². The lowest BCUT2D eigenvalue weighted by atomic mass is 9.55. The van der Waals surface area contributed by atoms with Crippen molar-refractivity contribution in [2.75, 3.05) is 7.11 Å². The van der Waals surface area contributed by atoms with Crippen molar-refractivity contribution >= 4 is 5.97 Å². The number of aliphatic hydroxyl groups is 1. The lowest BCUT2D eigenvalue weighted by Gasteiger charge is -2.51. The Bertz CT molecular complexity index is 591. The summed E-state index contributed by atoms with van der Waals surface area (Å²) in [5, 5.41) is 9.74. The van der Waals surface area contributed by atoms with Crippen LogP contribution < -0.4 is 0 Å². The predicted octanol–water partition coefficient (Wildman–Crippen LogP) is 3.48. The number of alkyl halides is 3. The van der Waals surface area contributed by atoms with E-state index in [2.05, 4.69) is 0 Å². The Balaban J connectivity index is 2.38. The molecule has 128 valence electrons. The summed E-state index contributed by atoms with van der Waals surface area (Å²) in [6, 6.07) is 6.89. The fourth-order valence-corrected chi connectivity index (χ4v) is 3.10. The summed E-state index contributed by atoms with van der Waals surface area (Å²) in [7, 11) is 1.14. The molecule has 0 aliphatic heterocycles. The van der Waals surface area contributed by atoms with E-state index in [1.54, 1.807) is 24.3 Å². The highest BCUT2D eigenvalue weighted by atomic mass is 19.4. The smallest absolute Gasteiger partial charge is 0.417 e. The molecule has 0 radical (unpaired) electrons. The lowest BCUT2D eigenvalue weighted by Crippen LogP contribution is -2.65. The maximum absolute atomic E-state index is 12.9. The summed E-state index contributed by atoms with van der Waals surface area (Å²) in [5.74, 6) is -0.755. The molecule has 23 heavy (non-hydrogen) atoms. The molecule has 0 aromatic heterocycles. The molecule has 1 aromatic carbocycles. The predicted molar refractivity (Wildman–Crippen MR) is 79.1 cm³/mol. The van der Waals surface area contributed by atoms with Crippen molar-refractivity contribution < 1.29 is 27.8 Å². The molecule has 1 N–H and O–H groups in total. The van der Waals surface area contributed by atoms with Gasteiger partial charge in [0.2, 0.25) is 0 Å². The van der Waals surface area contributed by atoms with E-state index in [1.165, 1.54) is 0 Å². The van der Waals surface area contributed by atoms with Gasteiger partial charge in [0.15, 0.2) is 5.60 Å². The van der Waals surface area contributed by atoms with Crippen molar-refractivity contribution in [2.45, 2.75) is 56.2 Å². The van der Waals surface area contributed by atoms with Crippen molar-refractivity contribution in [3.63, 3.8) is 0 Å². The Labute approximate surface area is 133 Å². The van der Waals surface area contributed by atoms with Crippen LogP contribution in [0.15, 0.2) is 24.3 Å². The van der Waals surface area contributed by atoms with Crippen LogP contribution in [0.1, 0.15) is 44.7 Å². The van der Waals surface area contributed by atoms with Crippen LogP contribution in [-0.4, -0.2) is 30.0 Å². The Morgan fingerprint density at radius 3 is 1.96 bits per heavy atom. The van der Waals surface area contributed by atoms with Crippen LogP contribution in [0.2, 0.25) is 0 Å². The number of hydrogen-bond donors (Lipinski definition) is 1. The Morgan fingerprint density at radius 1 is 1.13 bits per heavy atom. The van der Waals surface area contributed by atoms with Gasteiger partial charge >= 0.3 is 12.1 Å². The Morgan fingerprint density at radius 2 is 1.61 bits per heavy atom. The molecule has 0 unspecified atom stereocenters. The van der Waals surface area contributed by atoms with Gasteiger partial charge in [-0.15, -0.1) is 0 Å². The van der Waals surface area contributed by atoms with Gasteiger partial charge in [0.05, 0.1) is 12.5 Å². The van der Waals surface area contributed by atoms with Crippen LogP contribution in [0, 0.1) is 0 Å². The van der Waals surface area contributed by atoms with Crippen molar-refractivity contribution in [3.8, 4) is 0 Å². The minimum absolute atomic E-state index is 0.108. The van der Waals surface area contributed by atoms with Crippen LogP contribution in [0.4, 0.5) is 13.2 Å². The summed E-state index contributed by atoms with van der Waals surface area (Å²) < 4.78 is 43.5. The molecule has 1 saturated carbocycles. The molecule has 1 aliphatic carbocycles. The van der Waals surface area contributed by atoms with Crippen molar-refractivity contribution in [2.24, 2.45) is 0 Å². The molecule has 1 fully saturated rings. The molecule has 0 bridgehead atoms. The van der Waals surface area contributed by atoms with E-state index in [9.17, 15) is 23.1 Å². The van der Waals surface area contributed by atoms with Gasteiger partial charge in [-0.2, -0.15) is 13.2 Å². The number of hydrogen-bond acceptors (Lipinski definition) is 3. The third kappa shape index (κ3) is 2.84. The minimum atomic E-state index is -4.77. The zero-order valence-corrected chi connectivity index (χ0v) is 13.6. The molecular weight excluding hydrogens is 309 g/mol. The van der Waals surface area contributed by atoms with Gasteiger partial charge in [0.1, 0.15) is 0 Å². The molecule has 0 amide bonds. The van der Waals surface area contributed by atoms with Crippen molar-refractivity contribution in [3.05, 3.63) is 35.4 Å². The van der Waals surface area contributed by atoms with E-state index in [-0.39, 0.29) is 5.41 Å². The van der Waals surface area contributed by atoms with E-state index in [4.69, 9.17) is 4.74 Å². The first-order valence-corrected chi connectivity index (χ1v) is 7.34. The van der Waals surface area contributed by atoms with Gasteiger partial charge < -0.3 is 9.84 Å². The van der Waals surface area contributed by atoms with Gasteiger partial charge in [0, 0.05) is 12.8 Å². The first kappa shape index (κ1) is 17.8. The number of carbonyl (C=O) groups is 1. The number of rotatable bonds is 2. The molecule has 1 aromatic rings. The highest BCUT2D eigenvalue weighted by molar-refractivity contribution is 5.85. The highest BCUT2D eigenvalue weighted by Gasteiger charge is 2.70. The third-order valence-electron chi connectivity index (χ3n) is 4.60. The van der Waals surface area contributed by atoms with Crippen LogP contribution in [0.3, 0.4) is 0 Å². The number of methoxy groups -OCH3 is 1. The summed E-state index contributed by atoms with van der Waals surface area (Å²) in [6.07, 6.45) is -6.20. The summed E-state index contributed by atoms with van der Waals surface area (Å²) in [5.41, 5.74) is -2.96. The second-order valence-electron chi connectivity index (χ2n) is 7.28. The largest absolute Gasteiger partial charge is 0.468 e. The molecule has 0 saturated heterocycles. The molecule has 1 aliphatic rings. The first-order chi connectivity index (χ1) is 10.4. The molecular formula is C17H21F3O3. The number of halogens is 3. The van der Waals surface area contributed by atoms with Crippen LogP contribution >= 0.6 is 0 Å².